The predicted molar refractivity (Wildman–Crippen MR) is 64.2 cm³/mol. The van der Waals surface area contributed by atoms with Crippen LogP contribution in [0.25, 0.3) is 0 Å². The lowest BCUT2D eigenvalue weighted by Crippen LogP contribution is -2.14. The molecule has 0 atom stereocenters. The minimum absolute atomic E-state index is 0.0838. The fourth-order valence-electron chi connectivity index (χ4n) is 1.14. The van der Waals surface area contributed by atoms with Crippen molar-refractivity contribution in [2.24, 2.45) is 5.73 Å². The summed E-state index contributed by atoms with van der Waals surface area (Å²) in [6, 6.07) is 5.40. The Hall–Kier alpha value is -1.07. The van der Waals surface area contributed by atoms with Crippen LogP contribution < -0.4 is 10.5 Å². The topological polar surface area (TPSA) is 61.5 Å². The molecule has 0 aliphatic heterocycles. The van der Waals surface area contributed by atoms with E-state index in [1.54, 1.807) is 19.1 Å². The average Bonchev–Trinajstić information content (AvgIpc) is 2.28. The Morgan fingerprint density at radius 2 is 2.25 bits per heavy atom. The zero-order valence-corrected chi connectivity index (χ0v) is 10.6. The molecule has 2 N–H and O–H groups in total. The average molecular weight is 288 g/mol. The first-order valence-corrected chi connectivity index (χ1v) is 5.73. The molecule has 1 aromatic rings. The fourth-order valence-corrected chi connectivity index (χ4v) is 1.55. The Labute approximate surface area is 103 Å². The smallest absolute Gasteiger partial charge is 0.344 e. The van der Waals surface area contributed by atoms with E-state index in [0.29, 0.717) is 18.9 Å². The highest BCUT2D eigenvalue weighted by molar-refractivity contribution is 9.10. The molecule has 0 radical (unpaired) electrons. The number of carbonyl (C=O) groups is 1. The van der Waals surface area contributed by atoms with Gasteiger partial charge in [-0.05, 0) is 30.7 Å². The molecule has 1 rings (SSSR count). The van der Waals surface area contributed by atoms with Crippen LogP contribution in [0.3, 0.4) is 0 Å². The summed E-state index contributed by atoms with van der Waals surface area (Å²) in [6.07, 6.45) is 0. The van der Waals surface area contributed by atoms with E-state index in [1.807, 2.05) is 6.07 Å². The molecule has 0 unspecified atom stereocenters. The Bertz CT molecular complexity index is 368. The van der Waals surface area contributed by atoms with Crippen LogP contribution in [0.1, 0.15) is 12.5 Å². The van der Waals surface area contributed by atoms with Gasteiger partial charge in [0, 0.05) is 11.0 Å². The van der Waals surface area contributed by atoms with Crippen molar-refractivity contribution in [3.8, 4) is 5.75 Å². The van der Waals surface area contributed by atoms with Gasteiger partial charge in [0.05, 0.1) is 6.61 Å². The maximum absolute atomic E-state index is 11.1. The molecule has 88 valence electrons. The van der Waals surface area contributed by atoms with Crippen LogP contribution >= 0.6 is 15.9 Å². The zero-order chi connectivity index (χ0) is 12.0. The van der Waals surface area contributed by atoms with E-state index in [0.717, 1.165) is 10.0 Å². The van der Waals surface area contributed by atoms with E-state index in [1.165, 1.54) is 0 Å². The van der Waals surface area contributed by atoms with Gasteiger partial charge in [-0.2, -0.15) is 0 Å². The van der Waals surface area contributed by atoms with E-state index in [9.17, 15) is 4.79 Å². The Morgan fingerprint density at radius 1 is 1.50 bits per heavy atom. The number of carbonyl (C=O) groups excluding carboxylic acids is 1. The third kappa shape index (κ3) is 3.83. The van der Waals surface area contributed by atoms with Gasteiger partial charge in [-0.3, -0.25) is 0 Å². The maximum Gasteiger partial charge on any atom is 0.344 e. The minimum Gasteiger partial charge on any atom is -0.482 e. The Kier molecular flexibility index (Phi) is 5.28. The van der Waals surface area contributed by atoms with Crippen LogP contribution in [0, 0.1) is 0 Å². The van der Waals surface area contributed by atoms with Gasteiger partial charge in [-0.1, -0.05) is 15.9 Å². The predicted octanol–water partition coefficient (Wildman–Crippen LogP) is 1.85. The molecule has 4 nitrogen and oxygen atoms in total. The highest BCUT2D eigenvalue weighted by Crippen LogP contribution is 2.22. The number of benzene rings is 1. The van der Waals surface area contributed by atoms with E-state index in [2.05, 4.69) is 15.9 Å². The largest absolute Gasteiger partial charge is 0.482 e. The van der Waals surface area contributed by atoms with E-state index in [4.69, 9.17) is 15.2 Å². The first-order chi connectivity index (χ1) is 7.67. The van der Waals surface area contributed by atoms with Gasteiger partial charge < -0.3 is 15.2 Å². The number of hydrogen-bond acceptors (Lipinski definition) is 4. The quantitative estimate of drug-likeness (QED) is 0.840. The van der Waals surface area contributed by atoms with Crippen LogP contribution in [-0.4, -0.2) is 19.2 Å². The van der Waals surface area contributed by atoms with E-state index in [-0.39, 0.29) is 12.6 Å². The molecule has 0 bridgehead atoms. The number of esters is 1. The maximum atomic E-state index is 11.1. The normalized spacial score (nSPS) is 9.94. The Morgan fingerprint density at radius 3 is 2.88 bits per heavy atom. The lowest BCUT2D eigenvalue weighted by molar-refractivity contribution is -0.145. The highest BCUT2D eigenvalue weighted by Gasteiger charge is 2.05. The zero-order valence-electron chi connectivity index (χ0n) is 9.03. The van der Waals surface area contributed by atoms with Gasteiger partial charge >= 0.3 is 5.97 Å². The van der Waals surface area contributed by atoms with Crippen molar-refractivity contribution in [1.82, 2.24) is 0 Å². The molecule has 0 saturated carbocycles. The van der Waals surface area contributed by atoms with Crippen molar-refractivity contribution in [2.45, 2.75) is 13.5 Å². The van der Waals surface area contributed by atoms with Crippen LogP contribution in [-0.2, 0) is 16.1 Å². The van der Waals surface area contributed by atoms with Gasteiger partial charge in [0.25, 0.3) is 0 Å². The lowest BCUT2D eigenvalue weighted by Gasteiger charge is -2.08. The summed E-state index contributed by atoms with van der Waals surface area (Å²) in [7, 11) is 0. The highest BCUT2D eigenvalue weighted by atomic mass is 79.9. The second kappa shape index (κ2) is 6.50. The SMILES string of the molecule is CCOC(=O)COc1ccc(Br)c(CN)c1. The van der Waals surface area contributed by atoms with Gasteiger partial charge in [-0.25, -0.2) is 4.79 Å². The summed E-state index contributed by atoms with van der Waals surface area (Å²) in [5.41, 5.74) is 6.48. The monoisotopic (exact) mass is 287 g/mol. The van der Waals surface area contributed by atoms with Crippen molar-refractivity contribution in [1.29, 1.82) is 0 Å². The summed E-state index contributed by atoms with van der Waals surface area (Å²) >= 11 is 3.37. The molecule has 0 saturated heterocycles. The minimum atomic E-state index is -0.375. The first-order valence-electron chi connectivity index (χ1n) is 4.94. The molecule has 0 fully saturated rings. The number of halogens is 1. The number of nitrogens with two attached hydrogens (primary N) is 1. The fraction of sp³-hybridized carbons (Fsp3) is 0.364. The summed E-state index contributed by atoms with van der Waals surface area (Å²) in [4.78, 5) is 11.1. The molecule has 0 amide bonds. The van der Waals surface area contributed by atoms with Crippen molar-refractivity contribution in [3.63, 3.8) is 0 Å². The summed E-state index contributed by atoms with van der Waals surface area (Å²) in [5, 5.41) is 0. The molecule has 0 heterocycles. The molecule has 0 aliphatic rings. The molecular weight excluding hydrogens is 274 g/mol. The second-order valence-electron chi connectivity index (χ2n) is 3.05. The first kappa shape index (κ1) is 13.0. The van der Waals surface area contributed by atoms with Gasteiger partial charge in [-0.15, -0.1) is 0 Å². The Balaban J connectivity index is 2.57. The number of hydrogen-bond donors (Lipinski definition) is 1. The standard InChI is InChI=1S/C11H14BrNO3/c1-2-15-11(14)7-16-9-3-4-10(12)8(5-9)6-13/h3-5H,2,6-7,13H2,1H3. The summed E-state index contributed by atoms with van der Waals surface area (Å²) in [6.45, 7) is 2.44. The van der Waals surface area contributed by atoms with Gasteiger partial charge in [0.2, 0.25) is 0 Å². The van der Waals surface area contributed by atoms with Crippen LogP contribution in [0.2, 0.25) is 0 Å². The summed E-state index contributed by atoms with van der Waals surface area (Å²) < 4.78 is 10.9. The molecule has 0 aromatic heterocycles. The van der Waals surface area contributed by atoms with Crippen molar-refractivity contribution < 1.29 is 14.3 Å². The van der Waals surface area contributed by atoms with Crippen LogP contribution in [0.5, 0.6) is 5.75 Å². The molecule has 1 aromatic carbocycles. The summed E-state index contributed by atoms with van der Waals surface area (Å²) in [5.74, 6) is 0.233. The van der Waals surface area contributed by atoms with E-state index >= 15 is 0 Å². The number of ether oxygens (including phenoxy) is 2. The van der Waals surface area contributed by atoms with Gasteiger partial charge in [0.1, 0.15) is 5.75 Å². The third-order valence-corrected chi connectivity index (χ3v) is 2.67. The van der Waals surface area contributed by atoms with Crippen LogP contribution in [0.15, 0.2) is 22.7 Å². The number of rotatable bonds is 5. The lowest BCUT2D eigenvalue weighted by atomic mass is 10.2. The van der Waals surface area contributed by atoms with E-state index < -0.39 is 0 Å². The molecule has 0 aliphatic carbocycles. The molecule has 0 spiro atoms. The third-order valence-electron chi connectivity index (χ3n) is 1.90. The van der Waals surface area contributed by atoms with Gasteiger partial charge in [0.15, 0.2) is 6.61 Å². The van der Waals surface area contributed by atoms with Crippen molar-refractivity contribution in [2.75, 3.05) is 13.2 Å². The molecular formula is C11H14BrNO3. The molecule has 5 heteroatoms. The van der Waals surface area contributed by atoms with Crippen molar-refractivity contribution >= 4 is 21.9 Å². The second-order valence-corrected chi connectivity index (χ2v) is 3.91. The molecule has 16 heavy (non-hydrogen) atoms. The van der Waals surface area contributed by atoms with Crippen LogP contribution in [0.4, 0.5) is 0 Å². The van der Waals surface area contributed by atoms with Crippen molar-refractivity contribution in [3.05, 3.63) is 28.2 Å².